The van der Waals surface area contributed by atoms with Gasteiger partial charge in [0.25, 0.3) is 11.8 Å². The van der Waals surface area contributed by atoms with Crippen LogP contribution in [0.4, 0.5) is 0 Å². The number of hydrogen-bond acceptors (Lipinski definition) is 6. The minimum atomic E-state index is -0.509. The molecular weight excluding hydrogens is 400 g/mol. The number of nitrogens with one attached hydrogen (secondary N) is 2. The number of benzene rings is 2. The Hall–Kier alpha value is -3.70. The number of nitrogens with zero attached hydrogens (tertiary/aromatic N) is 2. The maximum atomic E-state index is 12.4. The van der Waals surface area contributed by atoms with E-state index in [-0.39, 0.29) is 6.61 Å². The van der Waals surface area contributed by atoms with Gasteiger partial charge in [-0.2, -0.15) is 5.26 Å². The number of nitriles is 1. The molecule has 0 saturated carbocycles. The number of rotatable bonds is 6. The number of thiazole rings is 1. The Kier molecular flexibility index (Phi) is 6.78. The van der Waals surface area contributed by atoms with Crippen LogP contribution in [0, 0.1) is 18.3 Å². The van der Waals surface area contributed by atoms with Gasteiger partial charge in [-0.15, -0.1) is 11.3 Å². The molecule has 3 aromatic rings. The van der Waals surface area contributed by atoms with Gasteiger partial charge in [0.15, 0.2) is 6.61 Å². The molecule has 7 nitrogen and oxygen atoms in total. The molecule has 0 bridgehead atoms. The molecule has 0 aliphatic carbocycles. The second-order valence-electron chi connectivity index (χ2n) is 6.41. The molecular formula is C22H20N4O3S. The number of amides is 2. The van der Waals surface area contributed by atoms with Crippen LogP contribution in [0.2, 0.25) is 0 Å². The first kappa shape index (κ1) is 21.0. The van der Waals surface area contributed by atoms with Crippen LogP contribution in [-0.4, -0.2) is 23.4 Å². The Balaban J connectivity index is 1.54. The summed E-state index contributed by atoms with van der Waals surface area (Å²) in [6.07, 6.45) is 0.958. The Morgan fingerprint density at radius 3 is 2.43 bits per heavy atom. The van der Waals surface area contributed by atoms with Gasteiger partial charge in [-0.1, -0.05) is 31.2 Å². The van der Waals surface area contributed by atoms with Gasteiger partial charge in [0.05, 0.1) is 17.3 Å². The van der Waals surface area contributed by atoms with Crippen molar-refractivity contribution in [2.75, 3.05) is 6.61 Å². The first-order chi connectivity index (χ1) is 14.5. The molecule has 2 aromatic carbocycles. The first-order valence-electron chi connectivity index (χ1n) is 9.29. The van der Waals surface area contributed by atoms with Crippen molar-refractivity contribution in [2.45, 2.75) is 20.3 Å². The topological polar surface area (TPSA) is 104 Å². The van der Waals surface area contributed by atoms with Crippen LogP contribution in [0.5, 0.6) is 5.75 Å². The zero-order valence-electron chi connectivity index (χ0n) is 16.6. The van der Waals surface area contributed by atoms with Gasteiger partial charge in [-0.25, -0.2) is 4.98 Å². The summed E-state index contributed by atoms with van der Waals surface area (Å²) in [7, 11) is 0. The smallest absolute Gasteiger partial charge is 0.281 e. The molecule has 30 heavy (non-hydrogen) atoms. The van der Waals surface area contributed by atoms with Crippen LogP contribution in [0.15, 0.2) is 48.5 Å². The minimum absolute atomic E-state index is 0.275. The lowest BCUT2D eigenvalue weighted by Gasteiger charge is -2.08. The molecule has 0 atom stereocenters. The Bertz CT molecular complexity index is 1080. The van der Waals surface area contributed by atoms with Crippen LogP contribution < -0.4 is 15.6 Å². The SMILES string of the molecule is CCc1ccc(-c2nc(C)c(C(=O)NNC(=O)COc3ccc(C#N)cc3)s2)cc1. The van der Waals surface area contributed by atoms with E-state index in [0.717, 1.165) is 17.0 Å². The molecule has 1 aromatic heterocycles. The summed E-state index contributed by atoms with van der Waals surface area (Å²) >= 11 is 1.27. The van der Waals surface area contributed by atoms with Crippen molar-refractivity contribution in [2.24, 2.45) is 0 Å². The highest BCUT2D eigenvalue weighted by Gasteiger charge is 2.17. The number of aryl methyl sites for hydroxylation is 2. The van der Waals surface area contributed by atoms with E-state index in [4.69, 9.17) is 10.00 Å². The summed E-state index contributed by atoms with van der Waals surface area (Å²) in [6, 6.07) is 16.4. The van der Waals surface area contributed by atoms with Crippen molar-refractivity contribution in [3.05, 3.63) is 70.2 Å². The van der Waals surface area contributed by atoms with E-state index >= 15 is 0 Å². The Morgan fingerprint density at radius 1 is 1.10 bits per heavy atom. The largest absolute Gasteiger partial charge is 0.484 e. The summed E-state index contributed by atoms with van der Waals surface area (Å²) in [6.45, 7) is 3.57. The molecule has 0 unspecified atom stereocenters. The van der Waals surface area contributed by atoms with E-state index in [1.807, 2.05) is 30.3 Å². The fourth-order valence-electron chi connectivity index (χ4n) is 2.61. The standard InChI is InChI=1S/C22H20N4O3S/c1-3-15-4-8-17(9-5-15)22-24-14(2)20(30-22)21(28)26-25-19(27)13-29-18-10-6-16(12-23)7-11-18/h4-11H,3,13H2,1-2H3,(H,25,27)(H,26,28). The molecule has 3 rings (SSSR count). The van der Waals surface area contributed by atoms with Crippen LogP contribution in [0.3, 0.4) is 0 Å². The average Bonchev–Trinajstić information content (AvgIpc) is 3.18. The third-order valence-corrected chi connectivity index (χ3v) is 5.49. The van der Waals surface area contributed by atoms with E-state index in [9.17, 15) is 9.59 Å². The lowest BCUT2D eigenvalue weighted by Crippen LogP contribution is -2.43. The van der Waals surface area contributed by atoms with Gasteiger partial charge in [0, 0.05) is 5.56 Å². The fraction of sp³-hybridized carbons (Fsp3) is 0.182. The lowest BCUT2D eigenvalue weighted by atomic mass is 10.1. The number of carbonyl (C=O) groups is 2. The normalized spacial score (nSPS) is 10.2. The fourth-order valence-corrected chi connectivity index (χ4v) is 3.57. The van der Waals surface area contributed by atoms with E-state index in [0.29, 0.717) is 21.9 Å². The minimum Gasteiger partial charge on any atom is -0.484 e. The molecule has 0 spiro atoms. The third-order valence-electron chi connectivity index (χ3n) is 4.28. The lowest BCUT2D eigenvalue weighted by molar-refractivity contribution is -0.123. The molecule has 0 aliphatic heterocycles. The Labute approximate surface area is 178 Å². The summed E-state index contributed by atoms with van der Waals surface area (Å²) in [5.74, 6) is -0.495. The predicted molar refractivity (Wildman–Crippen MR) is 114 cm³/mol. The molecule has 1 heterocycles. The van der Waals surface area contributed by atoms with Crippen molar-refractivity contribution < 1.29 is 14.3 Å². The maximum Gasteiger partial charge on any atom is 0.281 e. The average molecular weight is 420 g/mol. The monoisotopic (exact) mass is 420 g/mol. The summed E-state index contributed by atoms with van der Waals surface area (Å²) in [4.78, 5) is 29.3. The van der Waals surface area contributed by atoms with E-state index in [1.165, 1.54) is 16.9 Å². The highest BCUT2D eigenvalue weighted by atomic mass is 32.1. The summed E-state index contributed by atoms with van der Waals surface area (Å²) < 4.78 is 5.33. The van der Waals surface area contributed by atoms with Crippen molar-refractivity contribution >= 4 is 23.2 Å². The van der Waals surface area contributed by atoms with Crippen molar-refractivity contribution in [1.29, 1.82) is 5.26 Å². The van der Waals surface area contributed by atoms with Gasteiger partial charge in [0.1, 0.15) is 15.6 Å². The quantitative estimate of drug-likeness (QED) is 0.595. The van der Waals surface area contributed by atoms with E-state index in [2.05, 4.69) is 22.8 Å². The van der Waals surface area contributed by atoms with Crippen molar-refractivity contribution in [1.82, 2.24) is 15.8 Å². The zero-order valence-corrected chi connectivity index (χ0v) is 17.4. The van der Waals surface area contributed by atoms with Crippen molar-refractivity contribution in [3.63, 3.8) is 0 Å². The van der Waals surface area contributed by atoms with Gasteiger partial charge in [-0.3, -0.25) is 20.4 Å². The van der Waals surface area contributed by atoms with Gasteiger partial charge >= 0.3 is 0 Å². The Morgan fingerprint density at radius 2 is 1.80 bits per heavy atom. The number of carbonyl (C=O) groups excluding carboxylic acids is 2. The molecule has 152 valence electrons. The molecule has 0 saturated heterocycles. The predicted octanol–water partition coefficient (Wildman–Crippen LogP) is 3.39. The van der Waals surface area contributed by atoms with Gasteiger partial charge in [-0.05, 0) is 43.2 Å². The number of hydrazine groups is 1. The molecule has 2 N–H and O–H groups in total. The van der Waals surface area contributed by atoms with Crippen LogP contribution in [0.1, 0.15) is 33.4 Å². The summed E-state index contributed by atoms with van der Waals surface area (Å²) in [5, 5.41) is 9.52. The van der Waals surface area contributed by atoms with Crippen LogP contribution >= 0.6 is 11.3 Å². The molecule has 2 amide bonds. The van der Waals surface area contributed by atoms with E-state index < -0.39 is 11.8 Å². The second kappa shape index (κ2) is 9.67. The molecule has 0 aliphatic rings. The zero-order chi connectivity index (χ0) is 21.5. The second-order valence-corrected chi connectivity index (χ2v) is 7.41. The van der Waals surface area contributed by atoms with Crippen molar-refractivity contribution in [3.8, 4) is 22.4 Å². The molecule has 0 fully saturated rings. The molecule has 0 radical (unpaired) electrons. The first-order valence-corrected chi connectivity index (χ1v) is 10.1. The third kappa shape index (κ3) is 5.21. The van der Waals surface area contributed by atoms with Gasteiger partial charge < -0.3 is 4.74 Å². The highest BCUT2D eigenvalue weighted by Crippen LogP contribution is 2.28. The molecule has 8 heteroatoms. The van der Waals surface area contributed by atoms with Crippen LogP contribution in [-0.2, 0) is 11.2 Å². The number of aromatic nitrogens is 1. The summed E-state index contributed by atoms with van der Waals surface area (Å²) in [5.41, 5.74) is 7.98. The number of ether oxygens (including phenoxy) is 1. The van der Waals surface area contributed by atoms with E-state index in [1.54, 1.807) is 31.2 Å². The number of hydrogen-bond donors (Lipinski definition) is 2. The van der Waals surface area contributed by atoms with Crippen LogP contribution in [0.25, 0.3) is 10.6 Å². The highest BCUT2D eigenvalue weighted by molar-refractivity contribution is 7.17. The maximum absolute atomic E-state index is 12.4. The van der Waals surface area contributed by atoms with Gasteiger partial charge in [0.2, 0.25) is 0 Å².